The van der Waals surface area contributed by atoms with Crippen molar-refractivity contribution in [3.8, 4) is 0 Å². The Kier molecular flexibility index (Phi) is 3.29. The number of dihydropyridines is 1. The van der Waals surface area contributed by atoms with Crippen molar-refractivity contribution in [2.75, 3.05) is 0 Å². The second kappa shape index (κ2) is 4.95. The van der Waals surface area contributed by atoms with Gasteiger partial charge < -0.3 is 5.32 Å². The molecule has 1 N–H and O–H groups in total. The Labute approximate surface area is 114 Å². The molecule has 0 saturated heterocycles. The number of allylic oxidation sites excluding steroid dienone is 4. The average Bonchev–Trinajstić information content (AvgIpc) is 2.38. The van der Waals surface area contributed by atoms with Crippen LogP contribution in [-0.2, 0) is 9.59 Å². The number of carbonyl (C=O) groups is 2. The van der Waals surface area contributed by atoms with E-state index in [1.807, 2.05) is 0 Å². The van der Waals surface area contributed by atoms with Crippen LogP contribution in [0, 0.1) is 5.92 Å². The predicted octanol–water partition coefficient (Wildman–Crippen LogP) is 3.02. The first-order chi connectivity index (χ1) is 9.22. The van der Waals surface area contributed by atoms with E-state index >= 15 is 0 Å². The van der Waals surface area contributed by atoms with Gasteiger partial charge in [0, 0.05) is 41.3 Å². The lowest BCUT2D eigenvalue weighted by molar-refractivity contribution is -0.117. The molecule has 2 aliphatic carbocycles. The third-order valence-electron chi connectivity index (χ3n) is 4.49. The van der Waals surface area contributed by atoms with Crippen molar-refractivity contribution in [1.82, 2.24) is 5.32 Å². The van der Waals surface area contributed by atoms with Crippen LogP contribution in [0.2, 0.25) is 0 Å². The molecule has 102 valence electrons. The van der Waals surface area contributed by atoms with E-state index in [1.165, 1.54) is 0 Å². The maximum Gasteiger partial charge on any atom is 0.161 e. The number of carbonyl (C=O) groups excluding carboxylic acids is 2. The fourth-order valence-corrected chi connectivity index (χ4v) is 3.70. The summed E-state index contributed by atoms with van der Waals surface area (Å²) in [5.74, 6) is 0.603. The van der Waals surface area contributed by atoms with Crippen LogP contribution in [0.3, 0.4) is 0 Å². The molecule has 0 radical (unpaired) electrons. The summed E-state index contributed by atoms with van der Waals surface area (Å²) < 4.78 is 0. The minimum atomic E-state index is 0.0804. The smallest absolute Gasteiger partial charge is 0.161 e. The van der Waals surface area contributed by atoms with Gasteiger partial charge in [0.25, 0.3) is 0 Å². The van der Waals surface area contributed by atoms with Crippen molar-refractivity contribution in [3.05, 3.63) is 22.5 Å². The van der Waals surface area contributed by atoms with Crippen LogP contribution in [0.15, 0.2) is 22.5 Å². The predicted molar refractivity (Wildman–Crippen MR) is 73.3 cm³/mol. The highest BCUT2D eigenvalue weighted by molar-refractivity contribution is 6.04. The van der Waals surface area contributed by atoms with Gasteiger partial charge in [0.2, 0.25) is 0 Å². The van der Waals surface area contributed by atoms with E-state index in [9.17, 15) is 9.59 Å². The van der Waals surface area contributed by atoms with Gasteiger partial charge in [-0.2, -0.15) is 0 Å². The molecule has 0 amide bonds. The molecular weight excluding hydrogens is 238 g/mol. The second-order valence-corrected chi connectivity index (χ2v) is 5.80. The number of hydrogen-bond donors (Lipinski definition) is 1. The Morgan fingerprint density at radius 3 is 1.95 bits per heavy atom. The normalized spacial score (nSPS) is 24.3. The number of nitrogens with one attached hydrogen (secondary N) is 1. The Morgan fingerprint density at radius 2 is 1.47 bits per heavy atom. The standard InChI is InChI=1S/C16H21NO2/c1-2-5-10-15-11(6-3-8-13(15)18)17-12-7-4-9-14(19)16(10)12/h10,17H,2-9H2,1H3. The Balaban J connectivity index is 2.05. The van der Waals surface area contributed by atoms with E-state index in [0.29, 0.717) is 12.8 Å². The molecule has 3 rings (SSSR count). The van der Waals surface area contributed by atoms with Crippen molar-refractivity contribution in [3.63, 3.8) is 0 Å². The molecule has 0 bridgehead atoms. The molecular formula is C16H21NO2. The molecule has 3 nitrogen and oxygen atoms in total. The molecule has 3 heteroatoms. The first-order valence-corrected chi connectivity index (χ1v) is 7.52. The highest BCUT2D eigenvalue weighted by atomic mass is 16.1. The summed E-state index contributed by atoms with van der Waals surface area (Å²) in [6.45, 7) is 2.13. The lowest BCUT2D eigenvalue weighted by Crippen LogP contribution is -2.37. The highest BCUT2D eigenvalue weighted by Crippen LogP contribution is 2.41. The Bertz CT molecular complexity index is 457. The summed E-state index contributed by atoms with van der Waals surface area (Å²) in [6.07, 6.45) is 7.06. The van der Waals surface area contributed by atoms with E-state index in [0.717, 1.165) is 61.1 Å². The first-order valence-electron chi connectivity index (χ1n) is 7.52. The lowest BCUT2D eigenvalue weighted by Gasteiger charge is -2.36. The van der Waals surface area contributed by atoms with Gasteiger partial charge >= 0.3 is 0 Å². The molecule has 1 heterocycles. The number of Topliss-reactive ketones (excluding diaryl/α,β-unsaturated/α-hetero) is 2. The monoisotopic (exact) mass is 259 g/mol. The minimum Gasteiger partial charge on any atom is -0.362 e. The third-order valence-corrected chi connectivity index (χ3v) is 4.49. The molecule has 0 aromatic heterocycles. The molecule has 1 aliphatic heterocycles. The highest BCUT2D eigenvalue weighted by Gasteiger charge is 2.38. The van der Waals surface area contributed by atoms with Crippen LogP contribution in [0.25, 0.3) is 0 Å². The van der Waals surface area contributed by atoms with Crippen LogP contribution < -0.4 is 5.32 Å². The van der Waals surface area contributed by atoms with Crippen molar-refractivity contribution in [2.24, 2.45) is 5.92 Å². The van der Waals surface area contributed by atoms with E-state index in [1.54, 1.807) is 0 Å². The van der Waals surface area contributed by atoms with Crippen LogP contribution in [0.5, 0.6) is 0 Å². The van der Waals surface area contributed by atoms with Gasteiger partial charge in [0.15, 0.2) is 11.6 Å². The zero-order valence-electron chi connectivity index (χ0n) is 11.6. The van der Waals surface area contributed by atoms with Gasteiger partial charge in [-0.1, -0.05) is 13.3 Å². The summed E-state index contributed by atoms with van der Waals surface area (Å²) in [5.41, 5.74) is 4.09. The SMILES string of the molecule is CCCC1C2=C(CCCC2=O)NC2=C1C(=O)CCC2. The van der Waals surface area contributed by atoms with Crippen LogP contribution in [0.4, 0.5) is 0 Å². The largest absolute Gasteiger partial charge is 0.362 e. The molecule has 0 spiro atoms. The number of rotatable bonds is 2. The molecule has 0 aromatic rings. The van der Waals surface area contributed by atoms with Gasteiger partial charge in [-0.3, -0.25) is 9.59 Å². The maximum absolute atomic E-state index is 12.3. The van der Waals surface area contributed by atoms with Gasteiger partial charge in [0.1, 0.15) is 0 Å². The molecule has 0 fully saturated rings. The third kappa shape index (κ3) is 2.05. The van der Waals surface area contributed by atoms with E-state index in [-0.39, 0.29) is 17.5 Å². The fraction of sp³-hybridized carbons (Fsp3) is 0.625. The first kappa shape index (κ1) is 12.6. The molecule has 0 aromatic carbocycles. The van der Waals surface area contributed by atoms with Crippen molar-refractivity contribution in [2.45, 2.75) is 58.3 Å². The molecule has 0 saturated carbocycles. The van der Waals surface area contributed by atoms with Crippen LogP contribution in [-0.4, -0.2) is 11.6 Å². The zero-order valence-corrected chi connectivity index (χ0v) is 11.6. The fourth-order valence-electron chi connectivity index (χ4n) is 3.70. The molecule has 0 unspecified atom stereocenters. The van der Waals surface area contributed by atoms with E-state index in [4.69, 9.17) is 0 Å². The molecule has 19 heavy (non-hydrogen) atoms. The maximum atomic E-state index is 12.3. The molecule has 3 aliphatic rings. The van der Waals surface area contributed by atoms with Crippen LogP contribution in [0.1, 0.15) is 58.3 Å². The van der Waals surface area contributed by atoms with Crippen molar-refractivity contribution < 1.29 is 9.59 Å². The van der Waals surface area contributed by atoms with Gasteiger partial charge in [0.05, 0.1) is 0 Å². The van der Waals surface area contributed by atoms with Gasteiger partial charge in [-0.05, 0) is 32.1 Å². The van der Waals surface area contributed by atoms with E-state index in [2.05, 4.69) is 12.2 Å². The summed E-state index contributed by atoms with van der Waals surface area (Å²) in [5, 5.41) is 3.42. The van der Waals surface area contributed by atoms with Gasteiger partial charge in [-0.15, -0.1) is 0 Å². The number of ketones is 2. The molecule has 0 atom stereocenters. The minimum absolute atomic E-state index is 0.0804. The zero-order chi connectivity index (χ0) is 13.4. The summed E-state index contributed by atoms with van der Waals surface area (Å²) in [6, 6.07) is 0. The Morgan fingerprint density at radius 1 is 0.947 bits per heavy atom. The average molecular weight is 259 g/mol. The lowest BCUT2D eigenvalue weighted by atomic mass is 9.73. The van der Waals surface area contributed by atoms with Crippen LogP contribution >= 0.6 is 0 Å². The Hall–Kier alpha value is -1.38. The topological polar surface area (TPSA) is 46.2 Å². The summed E-state index contributed by atoms with van der Waals surface area (Å²) >= 11 is 0. The van der Waals surface area contributed by atoms with Crippen molar-refractivity contribution in [1.29, 1.82) is 0 Å². The summed E-state index contributed by atoms with van der Waals surface area (Å²) in [4.78, 5) is 24.5. The quantitative estimate of drug-likeness (QED) is 0.829. The summed E-state index contributed by atoms with van der Waals surface area (Å²) in [7, 11) is 0. The number of hydrogen-bond acceptors (Lipinski definition) is 3. The van der Waals surface area contributed by atoms with Crippen molar-refractivity contribution >= 4 is 11.6 Å². The van der Waals surface area contributed by atoms with Gasteiger partial charge in [-0.25, -0.2) is 0 Å². The second-order valence-electron chi connectivity index (χ2n) is 5.80. The van der Waals surface area contributed by atoms with E-state index < -0.39 is 0 Å².